The average Bonchev–Trinajstić information content (AvgIpc) is 3.15. The molecule has 1 aromatic heterocycles. The molecule has 148 valence electrons. The Morgan fingerprint density at radius 2 is 2.26 bits per heavy atom. The zero-order chi connectivity index (χ0) is 20.4. The molecule has 0 saturated carbocycles. The molecular weight excluding hydrogens is 509 g/mol. The zero-order valence-electron chi connectivity index (χ0n) is 14.6. The summed E-state index contributed by atoms with van der Waals surface area (Å²) in [6.07, 6.45) is 0.552. The van der Waals surface area contributed by atoms with Crippen molar-refractivity contribution in [1.29, 1.82) is 0 Å². The summed E-state index contributed by atoms with van der Waals surface area (Å²) in [6, 6.07) is -0.885. The Bertz CT molecular complexity index is 786. The summed E-state index contributed by atoms with van der Waals surface area (Å²) < 4.78 is -2.12. The van der Waals surface area contributed by atoms with Crippen LogP contribution < -0.4 is 16.4 Å². The third kappa shape index (κ3) is 4.70. The first-order valence-electron chi connectivity index (χ1n) is 7.51. The molecule has 3 atom stereocenters. The van der Waals surface area contributed by atoms with E-state index in [2.05, 4.69) is 20.8 Å². The van der Waals surface area contributed by atoms with E-state index in [0.29, 0.717) is 6.29 Å². The highest BCUT2D eigenvalue weighted by Crippen LogP contribution is 2.43. The predicted octanol–water partition coefficient (Wildman–Crippen LogP) is 0.417. The summed E-state index contributed by atoms with van der Waals surface area (Å²) >= 11 is 4.16. The van der Waals surface area contributed by atoms with E-state index >= 15 is 0 Å². The second-order valence-corrected chi connectivity index (χ2v) is 10.5. The van der Waals surface area contributed by atoms with Crippen molar-refractivity contribution >= 4 is 74.7 Å². The highest BCUT2D eigenvalue weighted by Gasteiger charge is 2.53. The number of aromatic nitrogens is 1. The van der Waals surface area contributed by atoms with Crippen LogP contribution in [0.25, 0.3) is 0 Å². The monoisotopic (exact) mass is 527 g/mol. The Morgan fingerprint density at radius 3 is 2.70 bits per heavy atom. The number of aliphatic carboxylic acids is 1. The van der Waals surface area contributed by atoms with E-state index in [1.165, 1.54) is 24.3 Å². The second-order valence-electron chi connectivity index (χ2n) is 6.07. The average molecular weight is 527 g/mol. The molecule has 0 aromatic carbocycles. The Balaban J connectivity index is 2.26. The van der Waals surface area contributed by atoms with E-state index in [-0.39, 0.29) is 16.5 Å². The first-order chi connectivity index (χ1) is 12.5. The number of hydrogen-bond acceptors (Lipinski definition) is 10. The molecule has 0 aliphatic carbocycles. The van der Waals surface area contributed by atoms with Gasteiger partial charge in [-0.05, 0) is 36.4 Å². The van der Waals surface area contributed by atoms with Crippen molar-refractivity contribution in [1.82, 2.24) is 15.6 Å². The molecule has 0 spiro atoms. The molecule has 10 nitrogen and oxygen atoms in total. The van der Waals surface area contributed by atoms with Crippen LogP contribution in [-0.2, 0) is 19.2 Å². The number of amides is 1. The van der Waals surface area contributed by atoms with Gasteiger partial charge in [0.1, 0.15) is 18.8 Å². The quantitative estimate of drug-likeness (QED) is 0.0986. The van der Waals surface area contributed by atoms with Crippen molar-refractivity contribution < 1.29 is 24.3 Å². The molecule has 27 heavy (non-hydrogen) atoms. The van der Waals surface area contributed by atoms with Gasteiger partial charge in [0.15, 0.2) is 20.7 Å². The van der Waals surface area contributed by atoms with E-state index < -0.39 is 31.6 Å². The lowest BCUT2D eigenvalue weighted by Crippen LogP contribution is -2.58. The predicted molar refractivity (Wildman–Crippen MR) is 111 cm³/mol. The number of hydrogen-bond donors (Lipinski definition) is 4. The Morgan fingerprint density at radius 1 is 1.59 bits per heavy atom. The van der Waals surface area contributed by atoms with E-state index in [9.17, 15) is 19.5 Å². The third-order valence-corrected chi connectivity index (χ3v) is 7.53. The van der Waals surface area contributed by atoms with Gasteiger partial charge >= 0.3 is 5.97 Å². The number of nitrogens with two attached hydrogens (primary N) is 1. The summed E-state index contributed by atoms with van der Waals surface area (Å²) in [6.45, 7) is 3.51. The number of halogens is 1. The first kappa shape index (κ1) is 21.8. The number of rotatable bonds is 7. The number of thioether (sulfide) groups is 1. The summed E-state index contributed by atoms with van der Waals surface area (Å²) in [5, 5.41) is 19.7. The van der Waals surface area contributed by atoms with Gasteiger partial charge in [-0.25, -0.2) is 4.98 Å². The number of carboxylic acid groups (broad SMARTS) is 1. The number of nitrogens with one attached hydrogen (secondary N) is 2. The van der Waals surface area contributed by atoms with Crippen molar-refractivity contribution in [2.45, 2.75) is 33.6 Å². The molecule has 1 saturated heterocycles. The standard InChI is InChI=1S/C14H18IN5O5S2/c1-13(2)8(10(23)24)18-11(27-13)14(15,5-21)19-9(22)7(20-25-3)6-4-26-12(16)17-6/h4-5,8,11,18H,1-3H3,(H2,16,17)(H,19,22)(H,23,24). The maximum absolute atomic E-state index is 12.7. The van der Waals surface area contributed by atoms with Crippen LogP contribution in [0.1, 0.15) is 19.5 Å². The molecule has 2 rings (SSSR count). The molecule has 5 N–H and O–H groups in total. The molecule has 0 bridgehead atoms. The second kappa shape index (κ2) is 8.28. The molecule has 3 unspecified atom stereocenters. The minimum atomic E-state index is -1.43. The molecule has 0 radical (unpaired) electrons. The van der Waals surface area contributed by atoms with E-state index in [1.807, 2.05) is 0 Å². The van der Waals surface area contributed by atoms with Crippen LogP contribution in [0.3, 0.4) is 0 Å². The van der Waals surface area contributed by atoms with Gasteiger partial charge in [0.2, 0.25) is 0 Å². The number of carbonyl (C=O) groups is 3. The van der Waals surface area contributed by atoms with Gasteiger partial charge in [-0.3, -0.25) is 19.7 Å². The lowest BCUT2D eigenvalue weighted by Gasteiger charge is -2.29. The molecule has 1 aliphatic heterocycles. The molecule has 1 fully saturated rings. The molecule has 1 aliphatic rings. The van der Waals surface area contributed by atoms with Crippen molar-refractivity contribution in [2.75, 3.05) is 12.8 Å². The Labute approximate surface area is 176 Å². The normalized spacial score (nSPS) is 24.1. The van der Waals surface area contributed by atoms with Crippen LogP contribution in [0.2, 0.25) is 0 Å². The van der Waals surface area contributed by atoms with Gasteiger partial charge in [-0.15, -0.1) is 23.1 Å². The zero-order valence-corrected chi connectivity index (χ0v) is 18.3. The molecule has 2 heterocycles. The number of thiazole rings is 1. The maximum Gasteiger partial charge on any atom is 0.322 e. The fraction of sp³-hybridized carbons (Fsp3) is 0.500. The number of nitrogens with zero attached hydrogens (tertiary/aromatic N) is 2. The van der Waals surface area contributed by atoms with E-state index in [1.54, 1.807) is 36.4 Å². The van der Waals surface area contributed by atoms with Crippen LogP contribution in [-0.4, -0.2) is 60.8 Å². The van der Waals surface area contributed by atoms with Gasteiger partial charge in [-0.2, -0.15) is 0 Å². The Hall–Kier alpha value is -1.45. The summed E-state index contributed by atoms with van der Waals surface area (Å²) in [5.74, 6) is -1.74. The topological polar surface area (TPSA) is 156 Å². The van der Waals surface area contributed by atoms with Gasteiger partial charge in [0, 0.05) is 10.1 Å². The van der Waals surface area contributed by atoms with Crippen LogP contribution in [0.4, 0.5) is 5.13 Å². The largest absolute Gasteiger partial charge is 0.480 e. The van der Waals surface area contributed by atoms with Crippen LogP contribution >= 0.6 is 45.7 Å². The Kier molecular flexibility index (Phi) is 6.70. The number of alkyl halides is 1. The minimum absolute atomic E-state index is 0.148. The number of nitrogen functional groups attached to an aromatic ring is 1. The fourth-order valence-electron chi connectivity index (χ4n) is 2.42. The summed E-state index contributed by atoms with van der Waals surface area (Å²) in [7, 11) is 1.27. The van der Waals surface area contributed by atoms with Crippen LogP contribution in [0.5, 0.6) is 0 Å². The third-order valence-electron chi connectivity index (χ3n) is 3.70. The van der Waals surface area contributed by atoms with E-state index in [4.69, 9.17) is 10.6 Å². The number of anilines is 1. The van der Waals surface area contributed by atoms with Crippen molar-refractivity contribution in [2.24, 2.45) is 5.16 Å². The lowest BCUT2D eigenvalue weighted by atomic mass is 10.0. The van der Waals surface area contributed by atoms with Gasteiger partial charge < -0.3 is 21.0 Å². The maximum atomic E-state index is 12.7. The SMILES string of the molecule is CON=C(C(=O)NC(I)(C=O)C1NC(C(=O)O)C(C)(C)S1)c1csc(N)n1. The number of carbonyl (C=O) groups excluding carboxylic acids is 2. The lowest BCUT2D eigenvalue weighted by molar-refractivity contribution is -0.140. The van der Waals surface area contributed by atoms with Gasteiger partial charge in [-0.1, -0.05) is 5.16 Å². The highest BCUT2D eigenvalue weighted by molar-refractivity contribution is 14.1. The van der Waals surface area contributed by atoms with Crippen molar-refractivity contribution in [3.63, 3.8) is 0 Å². The van der Waals surface area contributed by atoms with Crippen LogP contribution in [0.15, 0.2) is 10.5 Å². The molecule has 1 aromatic rings. The minimum Gasteiger partial charge on any atom is -0.480 e. The smallest absolute Gasteiger partial charge is 0.322 e. The first-order valence-corrected chi connectivity index (χ1v) is 10.3. The van der Waals surface area contributed by atoms with Crippen LogP contribution in [0, 0.1) is 0 Å². The summed E-state index contributed by atoms with van der Waals surface area (Å²) in [4.78, 5) is 44.7. The summed E-state index contributed by atoms with van der Waals surface area (Å²) in [5.41, 5.74) is 5.65. The number of carboxylic acids is 1. The fourth-order valence-corrected chi connectivity index (χ4v) is 5.17. The molecular formula is C14H18IN5O5S2. The molecule has 13 heteroatoms. The van der Waals surface area contributed by atoms with E-state index in [0.717, 1.165) is 11.3 Å². The van der Waals surface area contributed by atoms with Crippen molar-refractivity contribution in [3.8, 4) is 0 Å². The number of aldehydes is 1. The van der Waals surface area contributed by atoms with Crippen molar-refractivity contribution in [3.05, 3.63) is 11.1 Å². The van der Waals surface area contributed by atoms with Gasteiger partial charge in [0.25, 0.3) is 5.91 Å². The number of oxime groups is 1. The highest BCUT2D eigenvalue weighted by atomic mass is 127. The molecule has 1 amide bonds. The van der Waals surface area contributed by atoms with Gasteiger partial charge in [0.05, 0.1) is 5.37 Å².